The number of fused-ring (bicyclic) bond motifs is 1. The summed E-state index contributed by atoms with van der Waals surface area (Å²) in [7, 11) is 3.44. The Morgan fingerprint density at radius 1 is 0.882 bits per heavy atom. The second kappa shape index (κ2) is 10.2. The summed E-state index contributed by atoms with van der Waals surface area (Å²) in [5, 5.41) is 10.0. The van der Waals surface area contributed by atoms with Crippen molar-refractivity contribution in [3.8, 4) is 5.75 Å². The Hall–Kier alpha value is -2.86. The molecule has 5 nitrogen and oxygen atoms in total. The Morgan fingerprint density at radius 3 is 2.26 bits per heavy atom. The van der Waals surface area contributed by atoms with E-state index in [-0.39, 0.29) is 24.1 Å². The van der Waals surface area contributed by atoms with E-state index in [2.05, 4.69) is 59.5 Å². The van der Waals surface area contributed by atoms with E-state index in [0.717, 1.165) is 31.5 Å². The molecule has 2 heterocycles. The molecule has 0 aliphatic carbocycles. The fourth-order valence-corrected chi connectivity index (χ4v) is 5.55. The summed E-state index contributed by atoms with van der Waals surface area (Å²) in [6.07, 6.45) is 1.92. The number of ether oxygens (including phenoxy) is 3. The molecule has 5 rings (SSSR count). The molecule has 1 saturated heterocycles. The van der Waals surface area contributed by atoms with E-state index in [1.807, 2.05) is 12.1 Å². The van der Waals surface area contributed by atoms with Gasteiger partial charge in [-0.1, -0.05) is 48.5 Å². The largest absolute Gasteiger partial charge is 0.508 e. The number of benzene rings is 3. The number of methoxy groups -OCH3 is 2. The number of piperidine rings is 1. The van der Waals surface area contributed by atoms with Crippen molar-refractivity contribution in [3.63, 3.8) is 0 Å². The van der Waals surface area contributed by atoms with E-state index in [0.29, 0.717) is 12.5 Å². The number of aromatic hydroxyl groups is 1. The highest BCUT2D eigenvalue weighted by molar-refractivity contribution is 5.52. The topological polar surface area (TPSA) is 51.2 Å². The third-order valence-corrected chi connectivity index (χ3v) is 7.32. The molecule has 178 valence electrons. The average Bonchev–Trinajstić information content (AvgIpc) is 2.90. The van der Waals surface area contributed by atoms with Crippen molar-refractivity contribution in [1.29, 1.82) is 0 Å². The van der Waals surface area contributed by atoms with Gasteiger partial charge in [0.05, 0.1) is 12.7 Å². The zero-order chi connectivity index (χ0) is 23.5. The van der Waals surface area contributed by atoms with Gasteiger partial charge in [-0.05, 0) is 59.4 Å². The van der Waals surface area contributed by atoms with Crippen LogP contribution in [0, 0.1) is 5.92 Å². The van der Waals surface area contributed by atoms with Crippen LogP contribution in [0.2, 0.25) is 0 Å². The normalized spacial score (nSPS) is 21.0. The van der Waals surface area contributed by atoms with Gasteiger partial charge in [0.2, 0.25) is 0 Å². The van der Waals surface area contributed by atoms with Gasteiger partial charge in [0.1, 0.15) is 5.75 Å². The fourth-order valence-electron chi connectivity index (χ4n) is 5.55. The maximum absolute atomic E-state index is 10.0. The van der Waals surface area contributed by atoms with E-state index < -0.39 is 0 Å². The second-order valence-corrected chi connectivity index (χ2v) is 9.26. The lowest BCUT2D eigenvalue weighted by molar-refractivity contribution is -0.141. The van der Waals surface area contributed by atoms with E-state index in [4.69, 9.17) is 14.2 Å². The SMILES string of the molecule is COC(OC)C1CCN(c2ccc([C@H]3c4ccc(O)cc4CO[C@H]3c3ccccc3)cc2)CC1. The standard InChI is InChI=1S/C29H33NO4/c1-32-29(33-2)22-14-16-30(17-15-22)24-10-8-20(9-11-24)27-26-13-12-25(31)18-23(26)19-34-28(27)21-6-4-3-5-7-21/h3-13,18,22,27-29,31H,14-17,19H2,1-2H3/t27-,28-/m0/s1. The van der Waals surface area contributed by atoms with Crippen LogP contribution in [0.3, 0.4) is 0 Å². The molecule has 3 aromatic carbocycles. The zero-order valence-corrected chi connectivity index (χ0v) is 19.9. The molecule has 0 bridgehead atoms. The summed E-state index contributed by atoms with van der Waals surface area (Å²) in [5.41, 5.74) is 5.90. The average molecular weight is 460 g/mol. The van der Waals surface area contributed by atoms with Crippen molar-refractivity contribution in [2.75, 3.05) is 32.2 Å². The highest BCUT2D eigenvalue weighted by atomic mass is 16.7. The highest BCUT2D eigenvalue weighted by Crippen LogP contribution is 2.45. The molecule has 0 radical (unpaired) electrons. The maximum Gasteiger partial charge on any atom is 0.159 e. The van der Waals surface area contributed by atoms with Gasteiger partial charge in [0, 0.05) is 44.8 Å². The minimum atomic E-state index is -0.120. The van der Waals surface area contributed by atoms with Crippen molar-refractivity contribution >= 4 is 5.69 Å². The molecule has 2 aliphatic heterocycles. The first-order valence-corrected chi connectivity index (χ1v) is 12.1. The Balaban J connectivity index is 1.40. The molecule has 34 heavy (non-hydrogen) atoms. The minimum Gasteiger partial charge on any atom is -0.508 e. The Bertz CT molecular complexity index is 1070. The van der Waals surface area contributed by atoms with E-state index in [1.165, 1.54) is 22.4 Å². The summed E-state index contributed by atoms with van der Waals surface area (Å²) >= 11 is 0. The fraction of sp³-hybridized carbons (Fsp3) is 0.379. The van der Waals surface area contributed by atoms with Gasteiger partial charge in [0.15, 0.2) is 6.29 Å². The summed E-state index contributed by atoms with van der Waals surface area (Å²) in [5.74, 6) is 0.780. The van der Waals surface area contributed by atoms with Crippen LogP contribution in [0.1, 0.15) is 47.1 Å². The lowest BCUT2D eigenvalue weighted by Crippen LogP contribution is -2.39. The van der Waals surface area contributed by atoms with Gasteiger partial charge < -0.3 is 24.2 Å². The summed E-state index contributed by atoms with van der Waals surface area (Å²) in [4.78, 5) is 2.45. The molecular formula is C29H33NO4. The Labute approximate surface area is 201 Å². The Morgan fingerprint density at radius 2 is 1.59 bits per heavy atom. The molecule has 2 atom stereocenters. The summed E-state index contributed by atoms with van der Waals surface area (Å²) in [6.45, 7) is 2.49. The van der Waals surface area contributed by atoms with Crippen molar-refractivity contribution in [2.24, 2.45) is 5.92 Å². The van der Waals surface area contributed by atoms with Gasteiger partial charge in [0.25, 0.3) is 0 Å². The van der Waals surface area contributed by atoms with Crippen LogP contribution < -0.4 is 4.90 Å². The number of hydrogen-bond acceptors (Lipinski definition) is 5. The van der Waals surface area contributed by atoms with Crippen LogP contribution in [-0.4, -0.2) is 38.7 Å². The van der Waals surface area contributed by atoms with Crippen molar-refractivity contribution in [3.05, 3.63) is 95.1 Å². The van der Waals surface area contributed by atoms with Crippen LogP contribution in [0.4, 0.5) is 5.69 Å². The first kappa shape index (κ1) is 22.9. The minimum absolute atomic E-state index is 0.0655. The van der Waals surface area contributed by atoms with Crippen LogP contribution in [0.5, 0.6) is 5.75 Å². The maximum atomic E-state index is 10.0. The van der Waals surface area contributed by atoms with Crippen LogP contribution in [-0.2, 0) is 20.8 Å². The molecule has 0 aromatic heterocycles. The third kappa shape index (κ3) is 4.56. The number of nitrogens with zero attached hydrogens (tertiary/aromatic N) is 1. The number of anilines is 1. The summed E-state index contributed by atoms with van der Waals surface area (Å²) in [6, 6.07) is 25.0. The molecule has 0 saturated carbocycles. The lowest BCUT2D eigenvalue weighted by atomic mass is 9.79. The monoisotopic (exact) mass is 459 g/mol. The number of phenolic OH excluding ortho intramolecular Hbond substituents is 1. The lowest BCUT2D eigenvalue weighted by Gasteiger charge is -2.37. The quantitative estimate of drug-likeness (QED) is 0.484. The first-order valence-electron chi connectivity index (χ1n) is 12.1. The van der Waals surface area contributed by atoms with Gasteiger partial charge in [-0.25, -0.2) is 0 Å². The van der Waals surface area contributed by atoms with Crippen molar-refractivity contribution in [1.82, 2.24) is 0 Å². The molecule has 5 heteroatoms. The van der Waals surface area contributed by atoms with Crippen molar-refractivity contribution in [2.45, 2.75) is 37.8 Å². The highest BCUT2D eigenvalue weighted by Gasteiger charge is 2.33. The van der Waals surface area contributed by atoms with Crippen molar-refractivity contribution < 1.29 is 19.3 Å². The zero-order valence-electron chi connectivity index (χ0n) is 19.9. The molecule has 1 N–H and O–H groups in total. The molecule has 2 aliphatic rings. The predicted molar refractivity (Wildman–Crippen MR) is 133 cm³/mol. The van der Waals surface area contributed by atoms with Crippen LogP contribution in [0.15, 0.2) is 72.8 Å². The van der Waals surface area contributed by atoms with Gasteiger partial charge in [-0.15, -0.1) is 0 Å². The third-order valence-electron chi connectivity index (χ3n) is 7.32. The first-order chi connectivity index (χ1) is 16.7. The van der Waals surface area contributed by atoms with Gasteiger partial charge in [-0.3, -0.25) is 0 Å². The van der Waals surface area contributed by atoms with Crippen LogP contribution >= 0.6 is 0 Å². The number of hydrogen-bond donors (Lipinski definition) is 1. The molecule has 3 aromatic rings. The molecular weight excluding hydrogens is 426 g/mol. The number of rotatable bonds is 6. The molecule has 0 amide bonds. The summed E-state index contributed by atoms with van der Waals surface area (Å²) < 4.78 is 17.3. The van der Waals surface area contributed by atoms with Crippen LogP contribution in [0.25, 0.3) is 0 Å². The smallest absolute Gasteiger partial charge is 0.159 e. The number of phenols is 1. The van der Waals surface area contributed by atoms with Gasteiger partial charge >= 0.3 is 0 Å². The van der Waals surface area contributed by atoms with E-state index in [9.17, 15) is 5.11 Å². The molecule has 0 unspecified atom stereocenters. The Kier molecular flexibility index (Phi) is 6.86. The van der Waals surface area contributed by atoms with Gasteiger partial charge in [-0.2, -0.15) is 0 Å². The molecule has 1 fully saturated rings. The van der Waals surface area contributed by atoms with E-state index in [1.54, 1.807) is 20.3 Å². The second-order valence-electron chi connectivity index (χ2n) is 9.26. The predicted octanol–water partition coefficient (Wildman–Crippen LogP) is 5.63. The molecule has 0 spiro atoms. The van der Waals surface area contributed by atoms with E-state index >= 15 is 0 Å².